The van der Waals surface area contributed by atoms with E-state index in [1.54, 1.807) is 7.11 Å². The SMILES string of the molecule is CN=C(NCC1(CCOC)CC1)NCC1(C)CCCO1.I. The number of halogens is 1. The van der Waals surface area contributed by atoms with Crippen LogP contribution in [0.2, 0.25) is 0 Å². The average Bonchev–Trinajstić information content (AvgIpc) is 3.10. The molecule has 1 atom stereocenters. The van der Waals surface area contributed by atoms with Gasteiger partial charge in [0.1, 0.15) is 0 Å². The maximum Gasteiger partial charge on any atom is 0.191 e. The zero-order valence-corrected chi connectivity index (χ0v) is 15.9. The van der Waals surface area contributed by atoms with Crippen LogP contribution < -0.4 is 10.6 Å². The summed E-state index contributed by atoms with van der Waals surface area (Å²) in [5, 5.41) is 6.84. The third-order valence-electron chi connectivity index (χ3n) is 4.58. The molecule has 21 heavy (non-hydrogen) atoms. The maximum atomic E-state index is 5.78. The van der Waals surface area contributed by atoms with E-state index < -0.39 is 0 Å². The Morgan fingerprint density at radius 1 is 1.24 bits per heavy atom. The molecule has 5 nitrogen and oxygen atoms in total. The van der Waals surface area contributed by atoms with E-state index in [0.717, 1.165) is 51.5 Å². The van der Waals surface area contributed by atoms with E-state index in [9.17, 15) is 0 Å². The van der Waals surface area contributed by atoms with Crippen LogP contribution in [0.25, 0.3) is 0 Å². The lowest BCUT2D eigenvalue weighted by molar-refractivity contribution is 0.0242. The normalized spacial score (nSPS) is 27.1. The Morgan fingerprint density at radius 2 is 1.95 bits per heavy atom. The van der Waals surface area contributed by atoms with Crippen LogP contribution in [0, 0.1) is 5.41 Å². The number of guanidine groups is 1. The minimum atomic E-state index is -0.0368. The number of methoxy groups -OCH3 is 1. The Hall–Kier alpha value is -0.0800. The summed E-state index contributed by atoms with van der Waals surface area (Å²) in [6.45, 7) is 5.69. The quantitative estimate of drug-likeness (QED) is 0.383. The summed E-state index contributed by atoms with van der Waals surface area (Å²) < 4.78 is 11.0. The molecule has 2 aliphatic rings. The molecule has 2 fully saturated rings. The highest BCUT2D eigenvalue weighted by molar-refractivity contribution is 14.0. The molecule has 0 aromatic carbocycles. The third-order valence-corrected chi connectivity index (χ3v) is 4.58. The highest BCUT2D eigenvalue weighted by Crippen LogP contribution is 2.48. The molecule has 2 rings (SSSR count). The average molecular weight is 411 g/mol. The molecule has 0 aromatic heterocycles. The van der Waals surface area contributed by atoms with Gasteiger partial charge in [0.2, 0.25) is 0 Å². The molecule has 1 aliphatic heterocycles. The van der Waals surface area contributed by atoms with E-state index in [2.05, 4.69) is 22.5 Å². The van der Waals surface area contributed by atoms with Crippen molar-refractivity contribution in [2.45, 2.75) is 44.6 Å². The summed E-state index contributed by atoms with van der Waals surface area (Å²) in [4.78, 5) is 4.30. The predicted molar refractivity (Wildman–Crippen MR) is 96.5 cm³/mol. The van der Waals surface area contributed by atoms with Crippen molar-refractivity contribution in [1.29, 1.82) is 0 Å². The Kier molecular flexibility index (Phi) is 7.70. The monoisotopic (exact) mass is 411 g/mol. The number of ether oxygens (including phenoxy) is 2. The molecular weight excluding hydrogens is 381 g/mol. The molecule has 1 aliphatic carbocycles. The van der Waals surface area contributed by atoms with Crippen LogP contribution in [0.5, 0.6) is 0 Å². The van der Waals surface area contributed by atoms with E-state index in [1.807, 2.05) is 7.05 Å². The van der Waals surface area contributed by atoms with Crippen LogP contribution in [0.15, 0.2) is 4.99 Å². The van der Waals surface area contributed by atoms with Gasteiger partial charge in [-0.3, -0.25) is 4.99 Å². The van der Waals surface area contributed by atoms with Gasteiger partial charge in [-0.15, -0.1) is 24.0 Å². The minimum absolute atomic E-state index is 0. The molecule has 1 unspecified atom stereocenters. The lowest BCUT2D eigenvalue weighted by Gasteiger charge is -2.25. The van der Waals surface area contributed by atoms with Gasteiger partial charge in [0, 0.05) is 40.5 Å². The molecule has 0 bridgehead atoms. The van der Waals surface area contributed by atoms with E-state index >= 15 is 0 Å². The molecular formula is C15H30IN3O2. The molecule has 1 heterocycles. The van der Waals surface area contributed by atoms with Crippen LogP contribution in [-0.4, -0.2) is 52.0 Å². The maximum absolute atomic E-state index is 5.78. The molecule has 2 N–H and O–H groups in total. The van der Waals surface area contributed by atoms with Crippen molar-refractivity contribution in [1.82, 2.24) is 10.6 Å². The highest BCUT2D eigenvalue weighted by Gasteiger charge is 2.42. The minimum Gasteiger partial charge on any atom is -0.385 e. The molecule has 0 spiro atoms. The van der Waals surface area contributed by atoms with Gasteiger partial charge in [0.05, 0.1) is 5.60 Å². The number of hydrogen-bond donors (Lipinski definition) is 2. The summed E-state index contributed by atoms with van der Waals surface area (Å²) >= 11 is 0. The van der Waals surface area contributed by atoms with E-state index in [4.69, 9.17) is 9.47 Å². The molecule has 1 saturated carbocycles. The lowest BCUT2D eigenvalue weighted by atomic mass is 10.0. The first-order chi connectivity index (χ1) is 9.61. The Bertz CT molecular complexity index is 340. The van der Waals surface area contributed by atoms with Crippen molar-refractivity contribution in [2.75, 3.05) is 40.5 Å². The van der Waals surface area contributed by atoms with Crippen molar-refractivity contribution < 1.29 is 9.47 Å². The summed E-state index contributed by atoms with van der Waals surface area (Å²) in [5.41, 5.74) is 0.395. The fourth-order valence-corrected chi connectivity index (χ4v) is 2.75. The first-order valence-electron chi connectivity index (χ1n) is 7.69. The van der Waals surface area contributed by atoms with Gasteiger partial charge in [-0.2, -0.15) is 0 Å². The smallest absolute Gasteiger partial charge is 0.191 e. The van der Waals surface area contributed by atoms with Crippen molar-refractivity contribution in [3.8, 4) is 0 Å². The van der Waals surface area contributed by atoms with Crippen LogP contribution in [-0.2, 0) is 9.47 Å². The van der Waals surface area contributed by atoms with Crippen molar-refractivity contribution >= 4 is 29.9 Å². The Morgan fingerprint density at radius 3 is 2.48 bits per heavy atom. The molecule has 1 saturated heterocycles. The first-order valence-corrected chi connectivity index (χ1v) is 7.69. The summed E-state index contributed by atoms with van der Waals surface area (Å²) in [6.07, 6.45) is 6.00. The fourth-order valence-electron chi connectivity index (χ4n) is 2.75. The number of hydrogen-bond acceptors (Lipinski definition) is 3. The number of aliphatic imine (C=N–C) groups is 1. The number of rotatable bonds is 7. The van der Waals surface area contributed by atoms with Crippen LogP contribution in [0.3, 0.4) is 0 Å². The van der Waals surface area contributed by atoms with Gasteiger partial charge in [0.15, 0.2) is 5.96 Å². The Labute approximate surface area is 145 Å². The van der Waals surface area contributed by atoms with E-state index in [-0.39, 0.29) is 29.6 Å². The Balaban J connectivity index is 0.00000220. The van der Waals surface area contributed by atoms with Crippen LogP contribution >= 0.6 is 24.0 Å². The molecule has 6 heteroatoms. The second kappa shape index (κ2) is 8.53. The molecule has 0 radical (unpaired) electrons. The van der Waals surface area contributed by atoms with Gasteiger partial charge in [-0.05, 0) is 44.4 Å². The zero-order valence-electron chi connectivity index (χ0n) is 13.5. The molecule has 0 aromatic rings. The second-order valence-electron chi connectivity index (χ2n) is 6.42. The topological polar surface area (TPSA) is 54.9 Å². The summed E-state index contributed by atoms with van der Waals surface area (Å²) in [6, 6.07) is 0. The van der Waals surface area contributed by atoms with Crippen LogP contribution in [0.4, 0.5) is 0 Å². The molecule has 124 valence electrons. The van der Waals surface area contributed by atoms with Gasteiger partial charge in [-0.25, -0.2) is 0 Å². The lowest BCUT2D eigenvalue weighted by Crippen LogP contribution is -2.46. The van der Waals surface area contributed by atoms with E-state index in [1.165, 1.54) is 12.8 Å². The fraction of sp³-hybridized carbons (Fsp3) is 0.933. The predicted octanol–water partition coefficient (Wildman–Crippen LogP) is 2.16. The van der Waals surface area contributed by atoms with Crippen molar-refractivity contribution in [2.24, 2.45) is 10.4 Å². The van der Waals surface area contributed by atoms with Crippen molar-refractivity contribution in [3.05, 3.63) is 0 Å². The van der Waals surface area contributed by atoms with Gasteiger partial charge in [-0.1, -0.05) is 0 Å². The molecule has 0 amide bonds. The first kappa shape index (κ1) is 19.0. The van der Waals surface area contributed by atoms with Gasteiger partial charge < -0.3 is 20.1 Å². The number of nitrogens with zero attached hydrogens (tertiary/aromatic N) is 1. The summed E-state index contributed by atoms with van der Waals surface area (Å²) in [5.74, 6) is 0.880. The highest BCUT2D eigenvalue weighted by atomic mass is 127. The van der Waals surface area contributed by atoms with Gasteiger partial charge >= 0.3 is 0 Å². The van der Waals surface area contributed by atoms with E-state index in [0.29, 0.717) is 5.41 Å². The largest absolute Gasteiger partial charge is 0.385 e. The van der Waals surface area contributed by atoms with Gasteiger partial charge in [0.25, 0.3) is 0 Å². The standard InChI is InChI=1S/C15H29N3O2.HI/c1-14(5-4-9-20-14)11-17-13(16-2)18-12-15(6-7-15)8-10-19-3;/h4-12H2,1-3H3,(H2,16,17,18);1H. The summed E-state index contributed by atoms with van der Waals surface area (Å²) in [7, 11) is 3.59. The van der Waals surface area contributed by atoms with Crippen molar-refractivity contribution in [3.63, 3.8) is 0 Å². The second-order valence-corrected chi connectivity index (χ2v) is 6.42. The zero-order chi connectivity index (χ0) is 14.5. The number of nitrogens with one attached hydrogen (secondary N) is 2. The van der Waals surface area contributed by atoms with Crippen LogP contribution in [0.1, 0.15) is 39.0 Å². The third kappa shape index (κ3) is 5.90.